The molecule has 0 aliphatic heterocycles. The average molecular weight is 239 g/mol. The van der Waals surface area contributed by atoms with Crippen LogP contribution in [0.25, 0.3) is 0 Å². The van der Waals surface area contributed by atoms with Crippen LogP contribution in [0.1, 0.15) is 20.8 Å². The number of hydrogen-bond acceptors (Lipinski definition) is 3. The van der Waals surface area contributed by atoms with Crippen LogP contribution < -0.4 is 5.32 Å². The lowest BCUT2D eigenvalue weighted by atomic mass is 10.2. The number of rotatable bonds is 4. The predicted octanol–water partition coefficient (Wildman–Crippen LogP) is 0.479. The number of alkyl halides is 2. The molecule has 1 amide bonds. The van der Waals surface area contributed by atoms with Crippen molar-refractivity contribution in [2.45, 2.75) is 33.0 Å². The molecule has 2 atom stereocenters. The third-order valence-electron chi connectivity index (χ3n) is 1.37. The highest BCUT2D eigenvalue weighted by Crippen LogP contribution is 1.85. The average Bonchev–Trinajstić information content (AvgIpc) is 2.16. The van der Waals surface area contributed by atoms with Crippen molar-refractivity contribution in [3.05, 3.63) is 0 Å². The molecule has 2 N–H and O–H groups in total. The van der Waals surface area contributed by atoms with Crippen LogP contribution in [0.15, 0.2) is 0 Å². The quantitative estimate of drug-likeness (QED) is 0.747. The van der Waals surface area contributed by atoms with Crippen molar-refractivity contribution in [2.75, 3.05) is 6.67 Å². The summed E-state index contributed by atoms with van der Waals surface area (Å²) in [7, 11) is 0. The maximum atomic E-state index is 11.6. The Balaban J connectivity index is 0. The molecule has 0 aliphatic carbocycles. The number of Topliss-reactive ketones (excluding diaryl/α,β-unsaturated/α-hetero) is 1. The predicted molar refractivity (Wildman–Crippen MR) is 52.5 cm³/mol. The van der Waals surface area contributed by atoms with Crippen molar-refractivity contribution in [1.29, 1.82) is 0 Å². The van der Waals surface area contributed by atoms with Gasteiger partial charge in [-0.05, 0) is 13.8 Å². The summed E-state index contributed by atoms with van der Waals surface area (Å²) in [5.41, 5.74) is 0. The zero-order chi connectivity index (χ0) is 13.3. The molecule has 0 radical (unpaired) electrons. The number of carbonyl (C=O) groups excluding carboxylic acids is 2. The van der Waals surface area contributed by atoms with Crippen LogP contribution in [0, 0.1) is 0 Å². The number of carboxylic acid groups (broad SMARTS) is 1. The number of ketones is 1. The van der Waals surface area contributed by atoms with Crippen molar-refractivity contribution >= 4 is 17.7 Å². The highest BCUT2D eigenvalue weighted by Gasteiger charge is 2.11. The number of amides is 1. The van der Waals surface area contributed by atoms with Crippen LogP contribution in [0.4, 0.5) is 8.78 Å². The van der Waals surface area contributed by atoms with E-state index in [0.717, 1.165) is 6.92 Å². The monoisotopic (exact) mass is 239 g/mol. The van der Waals surface area contributed by atoms with Crippen LogP contribution in [0.2, 0.25) is 0 Å². The molecule has 0 aromatic heterocycles. The van der Waals surface area contributed by atoms with E-state index in [1.807, 2.05) is 0 Å². The highest BCUT2D eigenvalue weighted by atomic mass is 19.1. The zero-order valence-corrected chi connectivity index (χ0v) is 9.29. The Labute approximate surface area is 91.8 Å². The van der Waals surface area contributed by atoms with Crippen LogP contribution in [0.5, 0.6) is 0 Å². The summed E-state index contributed by atoms with van der Waals surface area (Å²) in [5, 5.41) is 9.88. The van der Waals surface area contributed by atoms with Crippen LogP contribution in [-0.4, -0.2) is 41.7 Å². The van der Waals surface area contributed by atoms with Gasteiger partial charge in [-0.25, -0.2) is 13.6 Å². The fourth-order valence-corrected chi connectivity index (χ4v) is 0.501. The smallest absolute Gasteiger partial charge is 0.337 e. The minimum absolute atomic E-state index is 0.325. The van der Waals surface area contributed by atoms with E-state index >= 15 is 0 Å². The lowest BCUT2D eigenvalue weighted by Gasteiger charge is -2.07. The zero-order valence-electron chi connectivity index (χ0n) is 9.29. The Kier molecular flexibility index (Phi) is 9.24. The first-order valence-corrected chi connectivity index (χ1v) is 4.45. The van der Waals surface area contributed by atoms with Crippen LogP contribution in [0.3, 0.4) is 0 Å². The van der Waals surface area contributed by atoms with Crippen molar-refractivity contribution in [3.63, 3.8) is 0 Å². The Hall–Kier alpha value is -1.53. The molecular weight excluding hydrogens is 224 g/mol. The molecule has 0 heterocycles. The Morgan fingerprint density at radius 1 is 1.31 bits per heavy atom. The molecule has 0 aromatic carbocycles. The van der Waals surface area contributed by atoms with Crippen LogP contribution in [-0.2, 0) is 14.4 Å². The van der Waals surface area contributed by atoms with Crippen molar-refractivity contribution in [1.82, 2.24) is 5.32 Å². The number of nitrogens with one attached hydrogen (secondary N) is 1. The summed E-state index contributed by atoms with van der Waals surface area (Å²) in [4.78, 5) is 30.1. The molecule has 16 heavy (non-hydrogen) atoms. The largest absolute Gasteiger partial charge is 0.479 e. The molecule has 0 bridgehead atoms. The lowest BCUT2D eigenvalue weighted by molar-refractivity contribution is -0.142. The van der Waals surface area contributed by atoms with E-state index in [4.69, 9.17) is 5.11 Å². The summed E-state index contributed by atoms with van der Waals surface area (Å²) >= 11 is 0. The normalized spacial score (nSPS) is 12.8. The van der Waals surface area contributed by atoms with E-state index < -0.39 is 30.6 Å². The van der Waals surface area contributed by atoms with E-state index in [2.05, 4.69) is 5.32 Å². The molecule has 0 rings (SSSR count). The molecule has 2 unspecified atom stereocenters. The maximum absolute atomic E-state index is 11.6. The van der Waals surface area contributed by atoms with Gasteiger partial charge in [0.15, 0.2) is 12.0 Å². The number of carboxylic acids is 1. The molecule has 0 aromatic rings. The molecule has 0 aliphatic rings. The number of aliphatic carboxylic acids is 1. The van der Waals surface area contributed by atoms with Crippen molar-refractivity contribution in [2.24, 2.45) is 0 Å². The SMILES string of the molecule is CC(=O)NC(C)C(=O)CF.CC(F)C(=O)O. The van der Waals surface area contributed by atoms with Gasteiger partial charge in [0.25, 0.3) is 0 Å². The summed E-state index contributed by atoms with van der Waals surface area (Å²) < 4.78 is 22.8. The van der Waals surface area contributed by atoms with E-state index in [0.29, 0.717) is 0 Å². The molecule has 0 saturated carbocycles. The lowest BCUT2D eigenvalue weighted by Crippen LogP contribution is -2.37. The molecular formula is C9H15F2NO4. The first kappa shape index (κ1) is 16.9. The standard InChI is InChI=1S/C6H10FNO2.C3H5FO2/c1-4(6(10)3-7)8-5(2)9;1-2(4)3(5)6/h4H,3H2,1-2H3,(H,8,9);2H,1H3,(H,5,6). The second-order valence-electron chi connectivity index (χ2n) is 2.98. The Bertz CT molecular complexity index is 256. The van der Waals surface area contributed by atoms with E-state index in [1.165, 1.54) is 13.8 Å². The van der Waals surface area contributed by atoms with Crippen LogP contribution >= 0.6 is 0 Å². The third kappa shape index (κ3) is 10.6. The highest BCUT2D eigenvalue weighted by molar-refractivity contribution is 5.88. The van der Waals surface area contributed by atoms with Gasteiger partial charge in [0, 0.05) is 6.92 Å². The summed E-state index contributed by atoms with van der Waals surface area (Å²) in [6, 6.07) is -0.706. The van der Waals surface area contributed by atoms with Gasteiger partial charge in [-0.3, -0.25) is 9.59 Å². The van der Waals surface area contributed by atoms with Crippen molar-refractivity contribution in [3.8, 4) is 0 Å². The topological polar surface area (TPSA) is 83.5 Å². The fourth-order valence-electron chi connectivity index (χ4n) is 0.501. The summed E-state index contributed by atoms with van der Waals surface area (Å²) in [5.74, 6) is -2.33. The number of halogens is 2. The van der Waals surface area contributed by atoms with Gasteiger partial charge < -0.3 is 10.4 Å². The van der Waals surface area contributed by atoms with E-state index in [-0.39, 0.29) is 5.91 Å². The van der Waals surface area contributed by atoms with Gasteiger partial charge in [0.2, 0.25) is 5.91 Å². The van der Waals surface area contributed by atoms with Crippen molar-refractivity contribution < 1.29 is 28.3 Å². The van der Waals surface area contributed by atoms with Gasteiger partial charge in [0.05, 0.1) is 6.04 Å². The molecule has 5 nitrogen and oxygen atoms in total. The second-order valence-corrected chi connectivity index (χ2v) is 2.98. The minimum Gasteiger partial charge on any atom is -0.479 e. The summed E-state index contributed by atoms with van der Waals surface area (Å²) in [6.45, 7) is 2.68. The molecule has 94 valence electrons. The third-order valence-corrected chi connectivity index (χ3v) is 1.37. The second kappa shape index (κ2) is 8.75. The first-order valence-electron chi connectivity index (χ1n) is 4.45. The first-order chi connectivity index (χ1) is 7.22. The van der Waals surface area contributed by atoms with Gasteiger partial charge in [-0.15, -0.1) is 0 Å². The number of hydrogen-bond donors (Lipinski definition) is 2. The Morgan fingerprint density at radius 2 is 1.69 bits per heavy atom. The molecule has 0 spiro atoms. The van der Waals surface area contributed by atoms with Gasteiger partial charge >= 0.3 is 5.97 Å². The maximum Gasteiger partial charge on any atom is 0.337 e. The molecule has 0 fully saturated rings. The van der Waals surface area contributed by atoms with E-state index in [1.54, 1.807) is 0 Å². The summed E-state index contributed by atoms with van der Waals surface area (Å²) in [6.07, 6.45) is -1.73. The van der Waals surface area contributed by atoms with Gasteiger partial charge in [-0.2, -0.15) is 0 Å². The minimum atomic E-state index is -1.73. The van der Waals surface area contributed by atoms with Gasteiger partial charge in [-0.1, -0.05) is 0 Å². The van der Waals surface area contributed by atoms with Gasteiger partial charge in [0.1, 0.15) is 6.67 Å². The van der Waals surface area contributed by atoms with E-state index in [9.17, 15) is 23.2 Å². The number of carbonyl (C=O) groups is 3. The molecule has 7 heteroatoms. The molecule has 0 saturated heterocycles. The Morgan fingerprint density at radius 3 is 1.88 bits per heavy atom. The fraction of sp³-hybridized carbons (Fsp3) is 0.667.